The van der Waals surface area contributed by atoms with Gasteiger partial charge in [-0.3, -0.25) is 4.79 Å². The SMILES string of the molecule is CCCC(C)(C)CCOC(C)(C)CCNC(C)=O. The standard InChI is InChI=1S/C15H31NO2/c1-7-8-14(3,4)10-12-18-15(5,6)9-11-16-13(2)17/h7-12H2,1-6H3,(H,16,17). The Morgan fingerprint density at radius 2 is 1.72 bits per heavy atom. The molecule has 0 aliphatic rings. The van der Waals surface area contributed by atoms with Crippen molar-refractivity contribution in [2.45, 2.75) is 72.8 Å². The van der Waals surface area contributed by atoms with E-state index in [0.29, 0.717) is 12.0 Å². The molecule has 3 nitrogen and oxygen atoms in total. The fourth-order valence-corrected chi connectivity index (χ4v) is 2.02. The summed E-state index contributed by atoms with van der Waals surface area (Å²) in [7, 11) is 0. The maximum absolute atomic E-state index is 10.8. The van der Waals surface area contributed by atoms with Gasteiger partial charge in [0.05, 0.1) is 5.60 Å². The van der Waals surface area contributed by atoms with Crippen molar-refractivity contribution in [3.8, 4) is 0 Å². The zero-order chi connectivity index (χ0) is 14.2. The zero-order valence-corrected chi connectivity index (χ0v) is 13.1. The summed E-state index contributed by atoms with van der Waals surface area (Å²) in [4.78, 5) is 10.8. The van der Waals surface area contributed by atoms with E-state index in [1.807, 2.05) is 0 Å². The van der Waals surface area contributed by atoms with Gasteiger partial charge in [0.15, 0.2) is 0 Å². The number of nitrogens with one attached hydrogen (secondary N) is 1. The topological polar surface area (TPSA) is 38.3 Å². The highest BCUT2D eigenvalue weighted by Gasteiger charge is 2.21. The molecule has 0 unspecified atom stereocenters. The maximum Gasteiger partial charge on any atom is 0.216 e. The fourth-order valence-electron chi connectivity index (χ4n) is 2.02. The molecule has 0 heterocycles. The van der Waals surface area contributed by atoms with Gasteiger partial charge in [-0.25, -0.2) is 0 Å². The highest BCUT2D eigenvalue weighted by Crippen LogP contribution is 2.27. The van der Waals surface area contributed by atoms with E-state index in [2.05, 4.69) is 39.9 Å². The van der Waals surface area contributed by atoms with Gasteiger partial charge in [-0.1, -0.05) is 27.2 Å². The van der Waals surface area contributed by atoms with Gasteiger partial charge < -0.3 is 10.1 Å². The van der Waals surface area contributed by atoms with E-state index in [-0.39, 0.29) is 11.5 Å². The van der Waals surface area contributed by atoms with Crippen LogP contribution in [0.2, 0.25) is 0 Å². The highest BCUT2D eigenvalue weighted by atomic mass is 16.5. The summed E-state index contributed by atoms with van der Waals surface area (Å²) in [5.41, 5.74) is 0.202. The first-order valence-electron chi connectivity index (χ1n) is 7.07. The lowest BCUT2D eigenvalue weighted by atomic mass is 9.85. The molecule has 3 heteroatoms. The molecule has 0 aromatic rings. The van der Waals surface area contributed by atoms with Crippen molar-refractivity contribution in [3.63, 3.8) is 0 Å². The lowest BCUT2D eigenvalue weighted by Gasteiger charge is -2.29. The fraction of sp³-hybridized carbons (Fsp3) is 0.933. The lowest BCUT2D eigenvalue weighted by molar-refractivity contribution is -0.119. The Balaban J connectivity index is 3.85. The minimum Gasteiger partial charge on any atom is -0.375 e. The number of carbonyl (C=O) groups excluding carboxylic acids is 1. The summed E-state index contributed by atoms with van der Waals surface area (Å²) >= 11 is 0. The van der Waals surface area contributed by atoms with Crippen LogP contribution in [0, 0.1) is 5.41 Å². The van der Waals surface area contributed by atoms with E-state index >= 15 is 0 Å². The second-order valence-electron chi connectivity index (χ2n) is 6.51. The highest BCUT2D eigenvalue weighted by molar-refractivity contribution is 5.72. The smallest absolute Gasteiger partial charge is 0.216 e. The van der Waals surface area contributed by atoms with Crippen molar-refractivity contribution in [2.75, 3.05) is 13.2 Å². The van der Waals surface area contributed by atoms with Gasteiger partial charge in [0.2, 0.25) is 5.91 Å². The molecular weight excluding hydrogens is 226 g/mol. The largest absolute Gasteiger partial charge is 0.375 e. The van der Waals surface area contributed by atoms with Crippen LogP contribution in [-0.4, -0.2) is 24.7 Å². The van der Waals surface area contributed by atoms with Gasteiger partial charge in [0.1, 0.15) is 0 Å². The minimum atomic E-state index is -0.162. The average Bonchev–Trinajstić information content (AvgIpc) is 2.15. The van der Waals surface area contributed by atoms with E-state index in [4.69, 9.17) is 4.74 Å². The van der Waals surface area contributed by atoms with Crippen LogP contribution in [0.4, 0.5) is 0 Å². The van der Waals surface area contributed by atoms with Crippen LogP contribution in [-0.2, 0) is 9.53 Å². The van der Waals surface area contributed by atoms with Gasteiger partial charge in [0, 0.05) is 20.1 Å². The molecule has 18 heavy (non-hydrogen) atoms. The first-order chi connectivity index (χ1) is 8.18. The molecule has 0 aromatic carbocycles. The molecule has 1 amide bonds. The lowest BCUT2D eigenvalue weighted by Crippen LogP contribution is -2.32. The van der Waals surface area contributed by atoms with Crippen molar-refractivity contribution in [3.05, 3.63) is 0 Å². The molecule has 0 radical (unpaired) electrons. The molecule has 0 aromatic heterocycles. The van der Waals surface area contributed by atoms with Crippen molar-refractivity contribution in [1.82, 2.24) is 5.32 Å². The van der Waals surface area contributed by atoms with E-state index in [0.717, 1.165) is 19.4 Å². The van der Waals surface area contributed by atoms with Crippen LogP contribution >= 0.6 is 0 Å². The van der Waals surface area contributed by atoms with E-state index in [1.165, 1.54) is 12.8 Å². The molecule has 0 aliphatic carbocycles. The number of ether oxygens (including phenoxy) is 1. The zero-order valence-electron chi connectivity index (χ0n) is 13.1. The predicted molar refractivity (Wildman–Crippen MR) is 76.6 cm³/mol. The summed E-state index contributed by atoms with van der Waals surface area (Å²) in [5.74, 6) is 0.0230. The molecule has 0 bridgehead atoms. The van der Waals surface area contributed by atoms with Crippen molar-refractivity contribution in [1.29, 1.82) is 0 Å². The summed E-state index contributed by atoms with van der Waals surface area (Å²) in [5, 5.41) is 2.81. The molecule has 0 atom stereocenters. The Morgan fingerprint density at radius 1 is 1.11 bits per heavy atom. The Hall–Kier alpha value is -0.570. The second-order valence-corrected chi connectivity index (χ2v) is 6.51. The molecule has 108 valence electrons. The van der Waals surface area contributed by atoms with Crippen LogP contribution in [0.15, 0.2) is 0 Å². The second kappa shape index (κ2) is 7.78. The third-order valence-electron chi connectivity index (χ3n) is 3.30. The van der Waals surface area contributed by atoms with Crippen LogP contribution in [0.3, 0.4) is 0 Å². The van der Waals surface area contributed by atoms with Crippen molar-refractivity contribution >= 4 is 5.91 Å². The van der Waals surface area contributed by atoms with E-state index < -0.39 is 0 Å². The van der Waals surface area contributed by atoms with Gasteiger partial charge >= 0.3 is 0 Å². The number of rotatable bonds is 9. The summed E-state index contributed by atoms with van der Waals surface area (Å²) in [6.45, 7) is 14.0. The first-order valence-corrected chi connectivity index (χ1v) is 7.07. The summed E-state index contributed by atoms with van der Waals surface area (Å²) in [6, 6.07) is 0. The van der Waals surface area contributed by atoms with Crippen LogP contribution in [0.5, 0.6) is 0 Å². The molecule has 0 aliphatic heterocycles. The van der Waals surface area contributed by atoms with Crippen molar-refractivity contribution in [2.24, 2.45) is 5.41 Å². The van der Waals surface area contributed by atoms with Gasteiger partial charge in [-0.15, -0.1) is 0 Å². The molecule has 0 rings (SSSR count). The van der Waals surface area contributed by atoms with Crippen LogP contribution in [0.25, 0.3) is 0 Å². The predicted octanol–water partition coefficient (Wildman–Crippen LogP) is 3.52. The molecule has 1 N–H and O–H groups in total. The van der Waals surface area contributed by atoms with Crippen LogP contribution in [0.1, 0.15) is 67.2 Å². The summed E-state index contributed by atoms with van der Waals surface area (Å²) < 4.78 is 5.94. The van der Waals surface area contributed by atoms with Gasteiger partial charge in [-0.2, -0.15) is 0 Å². The Kier molecular flexibility index (Phi) is 7.53. The Morgan fingerprint density at radius 3 is 2.22 bits per heavy atom. The summed E-state index contributed by atoms with van der Waals surface area (Å²) in [6.07, 6.45) is 4.40. The molecular formula is C15H31NO2. The first kappa shape index (κ1) is 17.4. The monoisotopic (exact) mass is 257 g/mol. The minimum absolute atomic E-state index is 0.0230. The number of hydrogen-bond acceptors (Lipinski definition) is 2. The average molecular weight is 257 g/mol. The Bertz CT molecular complexity index is 247. The maximum atomic E-state index is 10.8. The molecule has 0 saturated carbocycles. The molecule has 0 spiro atoms. The van der Waals surface area contributed by atoms with Gasteiger partial charge in [-0.05, 0) is 38.5 Å². The molecule has 0 saturated heterocycles. The van der Waals surface area contributed by atoms with Gasteiger partial charge in [0.25, 0.3) is 0 Å². The number of hydrogen-bond donors (Lipinski definition) is 1. The Labute approximate surface area is 113 Å². The third-order valence-corrected chi connectivity index (χ3v) is 3.30. The quantitative estimate of drug-likeness (QED) is 0.686. The number of carbonyl (C=O) groups is 1. The van der Waals surface area contributed by atoms with Crippen molar-refractivity contribution < 1.29 is 9.53 Å². The van der Waals surface area contributed by atoms with E-state index in [1.54, 1.807) is 6.92 Å². The van der Waals surface area contributed by atoms with E-state index in [9.17, 15) is 4.79 Å². The normalized spacial score (nSPS) is 12.6. The number of amides is 1. The van der Waals surface area contributed by atoms with Crippen LogP contribution < -0.4 is 5.32 Å². The third kappa shape index (κ3) is 9.46. The molecule has 0 fully saturated rings.